The molecule has 3 heteroatoms. The Bertz CT molecular complexity index is 575. The Morgan fingerprint density at radius 1 is 1.15 bits per heavy atom. The molecule has 0 aliphatic carbocycles. The van der Waals surface area contributed by atoms with Crippen molar-refractivity contribution in [3.8, 4) is 0 Å². The summed E-state index contributed by atoms with van der Waals surface area (Å²) < 4.78 is 0. The lowest BCUT2D eigenvalue weighted by molar-refractivity contribution is 0.733. The Labute approximate surface area is 121 Å². The van der Waals surface area contributed by atoms with Crippen LogP contribution in [0.2, 0.25) is 0 Å². The number of rotatable bonds is 4. The molecule has 0 aliphatic rings. The maximum atomic E-state index is 5.81. The van der Waals surface area contributed by atoms with Crippen molar-refractivity contribution < 1.29 is 0 Å². The van der Waals surface area contributed by atoms with Gasteiger partial charge in [-0.05, 0) is 49.1 Å². The third-order valence-electron chi connectivity index (χ3n) is 3.92. The molecule has 106 valence electrons. The Balaban J connectivity index is 2.24. The lowest BCUT2D eigenvalue weighted by Gasteiger charge is -2.20. The first-order chi connectivity index (χ1) is 9.52. The fraction of sp³-hybridized carbons (Fsp3) is 0.353. The highest BCUT2D eigenvalue weighted by atomic mass is 15.2. The average molecular weight is 269 g/mol. The number of nitrogen functional groups attached to an aromatic ring is 1. The van der Waals surface area contributed by atoms with Gasteiger partial charge in [0.15, 0.2) is 0 Å². The molecule has 0 spiro atoms. The van der Waals surface area contributed by atoms with Crippen molar-refractivity contribution in [2.75, 3.05) is 17.7 Å². The molecule has 1 aromatic heterocycles. The van der Waals surface area contributed by atoms with Gasteiger partial charge < -0.3 is 10.6 Å². The van der Waals surface area contributed by atoms with Gasteiger partial charge >= 0.3 is 0 Å². The maximum absolute atomic E-state index is 5.81. The van der Waals surface area contributed by atoms with Crippen molar-refractivity contribution in [2.45, 2.75) is 33.1 Å². The largest absolute Gasteiger partial charge is 0.397 e. The van der Waals surface area contributed by atoms with E-state index in [4.69, 9.17) is 5.73 Å². The highest BCUT2D eigenvalue weighted by molar-refractivity contribution is 5.61. The van der Waals surface area contributed by atoms with Crippen molar-refractivity contribution in [1.29, 1.82) is 0 Å². The molecule has 3 nitrogen and oxygen atoms in total. The smallest absolute Gasteiger partial charge is 0.133 e. The van der Waals surface area contributed by atoms with Gasteiger partial charge in [-0.25, -0.2) is 4.98 Å². The van der Waals surface area contributed by atoms with Crippen LogP contribution >= 0.6 is 0 Å². The first kappa shape index (κ1) is 14.4. The first-order valence-electron chi connectivity index (χ1n) is 7.09. The van der Waals surface area contributed by atoms with Gasteiger partial charge in [0.1, 0.15) is 5.82 Å². The minimum atomic E-state index is 0.603. The van der Waals surface area contributed by atoms with E-state index in [-0.39, 0.29) is 0 Å². The van der Waals surface area contributed by atoms with Crippen LogP contribution in [0.5, 0.6) is 0 Å². The molecule has 0 saturated heterocycles. The molecule has 0 fully saturated rings. The van der Waals surface area contributed by atoms with Crippen LogP contribution < -0.4 is 10.6 Å². The third kappa shape index (κ3) is 2.93. The monoisotopic (exact) mass is 269 g/mol. The Hall–Kier alpha value is -2.03. The summed E-state index contributed by atoms with van der Waals surface area (Å²) in [5, 5.41) is 0. The van der Waals surface area contributed by atoms with Gasteiger partial charge in [0.2, 0.25) is 0 Å². The zero-order valence-corrected chi connectivity index (χ0v) is 12.7. The molecule has 2 rings (SSSR count). The molecule has 1 aromatic carbocycles. The summed E-state index contributed by atoms with van der Waals surface area (Å²) in [4.78, 5) is 6.60. The number of hydrogen-bond acceptors (Lipinski definition) is 3. The SMILES string of the molecule is CCC(C)c1ccc(N(C)c2ccc(N)c(C)n2)cc1. The second kappa shape index (κ2) is 5.95. The number of hydrogen-bond donors (Lipinski definition) is 1. The van der Waals surface area contributed by atoms with E-state index in [1.807, 2.05) is 26.1 Å². The minimum Gasteiger partial charge on any atom is -0.397 e. The number of aryl methyl sites for hydroxylation is 1. The molecule has 0 amide bonds. The normalized spacial score (nSPS) is 12.2. The summed E-state index contributed by atoms with van der Waals surface area (Å²) in [6.45, 7) is 6.40. The topological polar surface area (TPSA) is 42.1 Å². The molecule has 0 aliphatic heterocycles. The number of nitrogens with zero attached hydrogens (tertiary/aromatic N) is 2. The van der Waals surface area contributed by atoms with Crippen LogP contribution in [-0.2, 0) is 0 Å². The van der Waals surface area contributed by atoms with Gasteiger partial charge in [0.25, 0.3) is 0 Å². The molecular weight excluding hydrogens is 246 g/mol. The highest BCUT2D eigenvalue weighted by Crippen LogP contribution is 2.26. The Morgan fingerprint density at radius 2 is 1.80 bits per heavy atom. The van der Waals surface area contributed by atoms with Gasteiger partial charge in [-0.2, -0.15) is 0 Å². The van der Waals surface area contributed by atoms with E-state index >= 15 is 0 Å². The zero-order valence-electron chi connectivity index (χ0n) is 12.7. The van der Waals surface area contributed by atoms with Crippen LogP contribution in [-0.4, -0.2) is 12.0 Å². The van der Waals surface area contributed by atoms with Crippen LogP contribution in [0.25, 0.3) is 0 Å². The summed E-state index contributed by atoms with van der Waals surface area (Å²) in [6.07, 6.45) is 1.16. The molecule has 0 radical (unpaired) electrons. The summed E-state index contributed by atoms with van der Waals surface area (Å²) in [5.41, 5.74) is 9.93. The van der Waals surface area contributed by atoms with Crippen LogP contribution in [0.4, 0.5) is 17.2 Å². The van der Waals surface area contributed by atoms with Crippen LogP contribution in [0.1, 0.15) is 37.4 Å². The predicted molar refractivity (Wildman–Crippen MR) is 86.6 cm³/mol. The second-order valence-electron chi connectivity index (χ2n) is 5.30. The average Bonchev–Trinajstić information content (AvgIpc) is 2.48. The van der Waals surface area contributed by atoms with Gasteiger partial charge in [-0.3, -0.25) is 0 Å². The van der Waals surface area contributed by atoms with Crippen LogP contribution in [0.15, 0.2) is 36.4 Å². The van der Waals surface area contributed by atoms with E-state index < -0.39 is 0 Å². The second-order valence-corrected chi connectivity index (χ2v) is 5.30. The number of benzene rings is 1. The zero-order chi connectivity index (χ0) is 14.7. The number of anilines is 3. The molecule has 20 heavy (non-hydrogen) atoms. The van der Waals surface area contributed by atoms with Gasteiger partial charge in [0, 0.05) is 12.7 Å². The van der Waals surface area contributed by atoms with Crippen molar-refractivity contribution in [3.63, 3.8) is 0 Å². The quantitative estimate of drug-likeness (QED) is 0.902. The molecular formula is C17H23N3. The van der Waals surface area contributed by atoms with E-state index in [1.54, 1.807) is 0 Å². The van der Waals surface area contributed by atoms with E-state index in [2.05, 4.69) is 48.0 Å². The predicted octanol–water partition coefficient (Wildman–Crippen LogP) is 4.25. The Morgan fingerprint density at radius 3 is 2.35 bits per heavy atom. The van der Waals surface area contributed by atoms with E-state index in [9.17, 15) is 0 Å². The maximum Gasteiger partial charge on any atom is 0.133 e. The molecule has 2 N–H and O–H groups in total. The third-order valence-corrected chi connectivity index (χ3v) is 3.92. The van der Waals surface area contributed by atoms with Crippen LogP contribution in [0.3, 0.4) is 0 Å². The molecule has 0 saturated carbocycles. The lowest BCUT2D eigenvalue weighted by atomic mass is 9.98. The van der Waals surface area contributed by atoms with Crippen molar-refractivity contribution in [3.05, 3.63) is 47.7 Å². The van der Waals surface area contributed by atoms with Crippen molar-refractivity contribution in [2.24, 2.45) is 0 Å². The molecule has 1 heterocycles. The molecule has 0 bridgehead atoms. The summed E-state index contributed by atoms with van der Waals surface area (Å²) in [5.74, 6) is 1.51. The first-order valence-corrected chi connectivity index (χ1v) is 7.09. The van der Waals surface area contributed by atoms with E-state index in [1.165, 1.54) is 5.56 Å². The number of pyridine rings is 1. The molecule has 2 aromatic rings. The summed E-state index contributed by atoms with van der Waals surface area (Å²) in [7, 11) is 2.02. The minimum absolute atomic E-state index is 0.603. The fourth-order valence-electron chi connectivity index (χ4n) is 2.14. The van der Waals surface area contributed by atoms with E-state index in [0.717, 1.165) is 29.3 Å². The van der Waals surface area contributed by atoms with Crippen LogP contribution in [0, 0.1) is 6.92 Å². The van der Waals surface area contributed by atoms with Crippen molar-refractivity contribution >= 4 is 17.2 Å². The lowest BCUT2D eigenvalue weighted by Crippen LogP contribution is -2.12. The summed E-state index contributed by atoms with van der Waals surface area (Å²) in [6, 6.07) is 12.5. The summed E-state index contributed by atoms with van der Waals surface area (Å²) >= 11 is 0. The number of nitrogens with two attached hydrogens (primary N) is 1. The Kier molecular flexibility index (Phi) is 4.28. The standard InChI is InChI=1S/C17H23N3/c1-5-12(2)14-6-8-15(9-7-14)20(4)17-11-10-16(18)13(3)19-17/h6-12H,5,18H2,1-4H3. The van der Waals surface area contributed by atoms with E-state index in [0.29, 0.717) is 5.92 Å². The van der Waals surface area contributed by atoms with Crippen molar-refractivity contribution in [1.82, 2.24) is 4.98 Å². The highest BCUT2D eigenvalue weighted by Gasteiger charge is 2.08. The molecule has 1 atom stereocenters. The van der Waals surface area contributed by atoms with Gasteiger partial charge in [0.05, 0.1) is 11.4 Å². The molecule has 1 unspecified atom stereocenters. The van der Waals surface area contributed by atoms with Gasteiger partial charge in [-0.15, -0.1) is 0 Å². The van der Waals surface area contributed by atoms with Gasteiger partial charge in [-0.1, -0.05) is 26.0 Å². The number of aromatic nitrogens is 1. The fourth-order valence-corrected chi connectivity index (χ4v) is 2.14.